The summed E-state index contributed by atoms with van der Waals surface area (Å²) in [6.45, 7) is 4.30. The topological polar surface area (TPSA) is 383 Å². The number of benzene rings is 1. The molecule has 2 heterocycles. The smallest absolute Gasteiger partial charge is 0.394 e. The van der Waals surface area contributed by atoms with Gasteiger partial charge in [0.1, 0.15) is 18.2 Å². The van der Waals surface area contributed by atoms with Gasteiger partial charge in [0.05, 0.1) is 82.4 Å². The molecule has 12 N–H and O–H groups in total. The van der Waals surface area contributed by atoms with Crippen LogP contribution in [-0.4, -0.2) is 165 Å². The molecule has 1 unspecified atom stereocenters. The first-order valence-electron chi connectivity index (χ1n) is 23.5. The van der Waals surface area contributed by atoms with Crippen LogP contribution in [0.5, 0.6) is 0 Å². The number of aromatic nitrogens is 2. The van der Waals surface area contributed by atoms with Crippen LogP contribution in [0, 0.1) is 17.8 Å². The van der Waals surface area contributed by atoms with Crippen LogP contribution < -0.4 is 32.9 Å². The number of aliphatic hydroxyl groups excluding tert-OH is 1. The van der Waals surface area contributed by atoms with Crippen molar-refractivity contribution in [3.05, 3.63) is 54.1 Å². The van der Waals surface area contributed by atoms with Crippen LogP contribution in [0.2, 0.25) is 0 Å². The molecule has 0 spiro atoms. The molecule has 1 fully saturated rings. The third-order valence-corrected chi connectivity index (χ3v) is 12.4. The summed E-state index contributed by atoms with van der Waals surface area (Å²) < 4.78 is 27.0. The zero-order valence-electron chi connectivity index (χ0n) is 40.6. The number of H-pyrrole nitrogens is 1. The van der Waals surface area contributed by atoms with Crippen molar-refractivity contribution in [1.82, 2.24) is 36.3 Å². The number of carbonyl (C=O) groups excluding carboxylic acids is 8. The number of phosphoric acid groups is 1. The second-order valence-electron chi connectivity index (χ2n) is 17.7. The van der Waals surface area contributed by atoms with Crippen LogP contribution >= 0.6 is 20.5 Å². The van der Waals surface area contributed by atoms with Gasteiger partial charge in [-0.05, 0) is 31.2 Å². The van der Waals surface area contributed by atoms with Gasteiger partial charge in [-0.25, -0.2) is 15.0 Å². The number of imidazole rings is 1. The molecule has 0 aliphatic carbocycles. The number of ketones is 2. The Hall–Kier alpha value is -5.15. The molecule has 0 bridgehead atoms. The first kappa shape index (κ1) is 61.2. The fourth-order valence-corrected chi connectivity index (χ4v) is 8.32. The van der Waals surface area contributed by atoms with Gasteiger partial charge in [-0.3, -0.25) is 47.7 Å². The maximum Gasteiger partial charge on any atom is 0.469 e. The first-order valence-corrected chi connectivity index (χ1v) is 25.6. The highest BCUT2D eigenvalue weighted by molar-refractivity contribution is 7.80. The lowest BCUT2D eigenvalue weighted by Crippen LogP contribution is -2.52. The van der Waals surface area contributed by atoms with Crippen molar-refractivity contribution in [2.24, 2.45) is 29.2 Å². The highest BCUT2D eigenvalue weighted by Crippen LogP contribution is 2.39. The number of aryl methyl sites for hydroxylation is 1. The van der Waals surface area contributed by atoms with Crippen molar-refractivity contribution in [2.75, 3.05) is 51.9 Å². The van der Waals surface area contributed by atoms with E-state index in [1.165, 1.54) is 17.4 Å². The molecule has 0 saturated carbocycles. The SMILES string of the molecule is CC(C)C[C@H](NC(=O)[C@@H]1C[C@@H](ONC(=O)CCc2ccccc2)CN1C(=O)CCOCCOCCNC(=O)[C@@H](N)CS)C(=O)C[C@@H](Cc1cnc[nH]1)C(=O)N[C@@H](CO)C(=O)C[C@H](C(N)=O)C(C)OP(=O)(O)O. The average molecular weight is 1060 g/mol. The quantitative estimate of drug-likeness (QED) is 0.0163. The number of likely N-dealkylation sites (tertiary alicyclic amines) is 1. The van der Waals surface area contributed by atoms with Gasteiger partial charge in [-0.1, -0.05) is 44.2 Å². The largest absolute Gasteiger partial charge is 0.469 e. The lowest BCUT2D eigenvalue weighted by Gasteiger charge is -2.28. The van der Waals surface area contributed by atoms with Crippen molar-refractivity contribution >= 4 is 67.5 Å². The maximum absolute atomic E-state index is 14.3. The molecule has 1 aromatic carbocycles. The molecule has 3 rings (SSSR count). The van der Waals surface area contributed by atoms with E-state index in [4.69, 9.17) is 25.8 Å². The zero-order chi connectivity index (χ0) is 53.4. The van der Waals surface area contributed by atoms with Crippen molar-refractivity contribution in [3.63, 3.8) is 0 Å². The third-order valence-electron chi connectivity index (χ3n) is 11.4. The number of phosphoric ester groups is 1. The molecule has 25 nitrogen and oxygen atoms in total. The van der Waals surface area contributed by atoms with Crippen molar-refractivity contribution < 1.29 is 76.6 Å². The number of nitrogens with one attached hydrogen (secondary N) is 5. The van der Waals surface area contributed by atoms with E-state index in [2.05, 4.69) is 48.6 Å². The van der Waals surface area contributed by atoms with Crippen LogP contribution in [0.3, 0.4) is 0 Å². The molecule has 1 aliphatic rings. The molecule has 1 aromatic heterocycles. The molecule has 8 atom stereocenters. The van der Waals surface area contributed by atoms with E-state index < -0.39 is 117 Å². The summed E-state index contributed by atoms with van der Waals surface area (Å²) in [5.41, 5.74) is 14.8. The van der Waals surface area contributed by atoms with Gasteiger partial charge < -0.3 is 61.7 Å². The number of primary amides is 1. The number of hydroxylamine groups is 1. The molecule has 72 heavy (non-hydrogen) atoms. The average Bonchev–Trinajstić information content (AvgIpc) is 4.02. The number of thiol groups is 1. The molecule has 1 aliphatic heterocycles. The number of rotatable bonds is 35. The standard InChI is InChI=1S/C45H70N9O16PS/c1-27(2)17-35(38(56)19-30(18-31-22-48-26-50-31)43(61)52-36(24-55)39(57)21-33(42(47)60)28(3)70-71(64,65)66)51-45(63)37-20-32(69-53-40(58)10-9-29-7-5-4-6-8-29)23-54(37)41(59)11-13-67-15-16-68-14-12-49-44(62)34(46)25-72/h4-8,22,26-28,30,32-37,55,72H,9-21,23-25,46H2,1-3H3,(H2,47,60)(H,48,50)(H,49,62)(H,51,63)(H,52,61)(H,53,58)(H2,64,65,66)/t28?,30-,32-,33+,34+,35+,36+,37+/m1/s1. The van der Waals surface area contributed by atoms with E-state index in [0.717, 1.165) is 12.5 Å². The highest BCUT2D eigenvalue weighted by atomic mass is 32.1. The Morgan fingerprint density at radius 3 is 2.22 bits per heavy atom. The number of aromatic amines is 1. The van der Waals surface area contributed by atoms with E-state index in [-0.39, 0.29) is 89.2 Å². The van der Waals surface area contributed by atoms with Crippen LogP contribution in [0.25, 0.3) is 0 Å². The molecule has 402 valence electrons. The minimum Gasteiger partial charge on any atom is -0.394 e. The molecule has 27 heteroatoms. The van der Waals surface area contributed by atoms with Gasteiger partial charge in [0.25, 0.3) is 0 Å². The predicted molar refractivity (Wildman–Crippen MR) is 260 cm³/mol. The number of hydrogen-bond donors (Lipinski definition) is 11. The number of aliphatic hydroxyl groups is 1. The number of nitrogens with zero attached hydrogens (tertiary/aromatic N) is 2. The van der Waals surface area contributed by atoms with E-state index in [9.17, 15) is 57.8 Å². The Morgan fingerprint density at radius 1 is 0.931 bits per heavy atom. The van der Waals surface area contributed by atoms with Crippen LogP contribution in [-0.2, 0) is 74.6 Å². The second-order valence-corrected chi connectivity index (χ2v) is 19.2. The van der Waals surface area contributed by atoms with Gasteiger partial charge in [0, 0.05) is 56.3 Å². The second kappa shape index (κ2) is 31.4. The van der Waals surface area contributed by atoms with E-state index in [1.807, 2.05) is 44.2 Å². The summed E-state index contributed by atoms with van der Waals surface area (Å²) in [7, 11) is -5.10. The van der Waals surface area contributed by atoms with E-state index in [0.29, 0.717) is 12.1 Å². The lowest BCUT2D eigenvalue weighted by molar-refractivity contribution is -0.141. The Morgan fingerprint density at radius 2 is 1.61 bits per heavy atom. The monoisotopic (exact) mass is 1060 g/mol. The molecule has 2 aromatic rings. The molecule has 6 amide bonds. The predicted octanol–water partition coefficient (Wildman–Crippen LogP) is -1.46. The summed E-state index contributed by atoms with van der Waals surface area (Å²) in [4.78, 5) is 138. The van der Waals surface area contributed by atoms with Gasteiger partial charge in [0.15, 0.2) is 11.6 Å². The van der Waals surface area contributed by atoms with Gasteiger partial charge in [0.2, 0.25) is 35.4 Å². The Kier molecular flexibility index (Phi) is 26.7. The first-order chi connectivity index (χ1) is 34.1. The van der Waals surface area contributed by atoms with Crippen LogP contribution in [0.1, 0.15) is 70.6 Å². The minimum atomic E-state index is -5.10. The number of nitrogens with two attached hydrogens (primary N) is 2. The number of ether oxygens (including phenoxy) is 2. The number of carbonyl (C=O) groups is 8. The van der Waals surface area contributed by atoms with Gasteiger partial charge >= 0.3 is 7.82 Å². The Bertz CT molecular complexity index is 2120. The highest BCUT2D eigenvalue weighted by Gasteiger charge is 2.42. The number of amides is 6. The Labute approximate surface area is 422 Å². The molecule has 1 saturated heterocycles. The minimum absolute atomic E-state index is 0.0465. The van der Waals surface area contributed by atoms with Gasteiger partial charge in [-0.15, -0.1) is 0 Å². The fraction of sp³-hybridized carbons (Fsp3) is 0.622. The summed E-state index contributed by atoms with van der Waals surface area (Å²) >= 11 is 3.99. The number of hydrogen-bond acceptors (Lipinski definition) is 17. The van der Waals surface area contributed by atoms with Crippen LogP contribution in [0.15, 0.2) is 42.9 Å². The molecular formula is C45H70N9O16PS. The fourth-order valence-electron chi connectivity index (χ4n) is 7.57. The zero-order valence-corrected chi connectivity index (χ0v) is 42.4. The van der Waals surface area contributed by atoms with E-state index >= 15 is 0 Å². The molecular weight excluding hydrogens is 986 g/mol. The van der Waals surface area contributed by atoms with Crippen molar-refractivity contribution in [1.29, 1.82) is 0 Å². The number of Topliss-reactive ketones (excluding diaryl/α,β-unsaturated/α-hetero) is 2. The summed E-state index contributed by atoms with van der Waals surface area (Å²) in [5.74, 6) is -8.27. The van der Waals surface area contributed by atoms with Crippen molar-refractivity contribution in [2.45, 2.75) is 109 Å². The summed E-state index contributed by atoms with van der Waals surface area (Å²) in [6, 6.07) is 4.59. The summed E-state index contributed by atoms with van der Waals surface area (Å²) in [5, 5.41) is 18.0. The third kappa shape index (κ3) is 22.3. The normalized spacial score (nSPS) is 17.3. The van der Waals surface area contributed by atoms with Crippen molar-refractivity contribution in [3.8, 4) is 0 Å². The van der Waals surface area contributed by atoms with E-state index in [1.54, 1.807) is 0 Å². The molecule has 0 radical (unpaired) electrons. The lowest BCUT2D eigenvalue weighted by atomic mass is 9.89. The van der Waals surface area contributed by atoms with Gasteiger partial charge in [-0.2, -0.15) is 12.6 Å². The summed E-state index contributed by atoms with van der Waals surface area (Å²) in [6.07, 6.45) is -0.574. The Balaban J connectivity index is 1.74. The van der Waals surface area contributed by atoms with Crippen LogP contribution in [0.4, 0.5) is 0 Å². The maximum atomic E-state index is 14.3.